The second-order valence-electron chi connectivity index (χ2n) is 6.63. The van der Waals surface area contributed by atoms with Crippen molar-refractivity contribution in [3.63, 3.8) is 0 Å². The first-order valence-electron chi connectivity index (χ1n) is 8.56. The summed E-state index contributed by atoms with van der Waals surface area (Å²) in [6.07, 6.45) is -14.3. The Morgan fingerprint density at radius 1 is 0.969 bits per heavy atom. The Hall–Kier alpha value is -2.71. The Morgan fingerprint density at radius 3 is 2.16 bits per heavy atom. The monoisotopic (exact) mass is 489 g/mol. The number of hydrogen-bond acceptors (Lipinski definition) is 5. The van der Waals surface area contributed by atoms with Gasteiger partial charge in [-0.3, -0.25) is 4.98 Å². The van der Waals surface area contributed by atoms with E-state index in [2.05, 4.69) is 19.9 Å². The first-order chi connectivity index (χ1) is 14.6. The predicted octanol–water partition coefficient (Wildman–Crippen LogP) is 6.02. The van der Waals surface area contributed by atoms with Crippen molar-refractivity contribution in [2.45, 2.75) is 41.8 Å². The lowest BCUT2D eigenvalue weighted by Gasteiger charge is -2.22. The largest absolute Gasteiger partial charge is 0.433 e. The molecule has 0 aliphatic carbocycles. The van der Waals surface area contributed by atoms with Gasteiger partial charge in [-0.15, -0.1) is 0 Å². The van der Waals surface area contributed by atoms with Crippen molar-refractivity contribution in [3.8, 4) is 0 Å². The maximum atomic E-state index is 13.2. The van der Waals surface area contributed by atoms with Gasteiger partial charge in [0.2, 0.25) is 0 Å². The quantitative estimate of drug-likeness (QED) is 0.266. The van der Waals surface area contributed by atoms with Gasteiger partial charge < -0.3 is 10.7 Å². The fraction of sp³-hybridized carbons (Fsp3) is 0.353. The summed E-state index contributed by atoms with van der Waals surface area (Å²) >= 11 is 0.658. The number of nitrogen functional groups attached to an aromatic ring is 1. The molecule has 3 N–H and O–H groups in total. The highest BCUT2D eigenvalue weighted by molar-refractivity contribution is 7.99. The molecular weight excluding hydrogens is 477 g/mol. The van der Waals surface area contributed by atoms with Crippen LogP contribution in [0.25, 0.3) is 10.9 Å². The molecule has 3 aromatic rings. The molecule has 32 heavy (non-hydrogen) atoms. The standard InChI is InChI=1S/C17H12F9N5S/c1-6(32-14-30-11(15(18,19)20)3-12(27)31-14)9-2-7-8(4-28-10(7)5-29-9)13(16(21,22)23)17(24,25)26/h2-6,13,28H,1H3,(H2,27,30,31). The van der Waals surface area contributed by atoms with Gasteiger partial charge in [-0.2, -0.15) is 39.5 Å². The SMILES string of the molecule is CC(Sc1nc(N)cc(C(F)(F)F)n1)c1cc2c(C(C(F)(F)F)C(F)(F)F)c[nH]c2cn1. The molecule has 0 amide bonds. The molecule has 0 fully saturated rings. The van der Waals surface area contributed by atoms with Crippen LogP contribution in [-0.4, -0.2) is 32.3 Å². The van der Waals surface area contributed by atoms with Gasteiger partial charge >= 0.3 is 18.5 Å². The number of H-pyrrole nitrogens is 1. The van der Waals surface area contributed by atoms with Crippen molar-refractivity contribution >= 4 is 28.5 Å². The Bertz CT molecular complexity index is 1110. The van der Waals surface area contributed by atoms with Gasteiger partial charge in [-0.25, -0.2) is 9.97 Å². The molecule has 5 nitrogen and oxygen atoms in total. The normalized spacial score (nSPS) is 14.3. The molecule has 0 aliphatic heterocycles. The summed E-state index contributed by atoms with van der Waals surface area (Å²) in [4.78, 5) is 13.3. The summed E-state index contributed by atoms with van der Waals surface area (Å²) in [7, 11) is 0. The van der Waals surface area contributed by atoms with Crippen LogP contribution in [0.1, 0.15) is 35.0 Å². The summed E-state index contributed by atoms with van der Waals surface area (Å²) < 4.78 is 118. The molecule has 3 rings (SSSR count). The van der Waals surface area contributed by atoms with Crippen LogP contribution in [0, 0.1) is 0 Å². The molecule has 1 atom stereocenters. The maximum absolute atomic E-state index is 13.2. The summed E-state index contributed by atoms with van der Waals surface area (Å²) in [6, 6.07) is 1.54. The number of nitrogens with two attached hydrogens (primary N) is 1. The van der Waals surface area contributed by atoms with E-state index in [-0.39, 0.29) is 21.8 Å². The Labute approximate surface area is 177 Å². The fourth-order valence-corrected chi connectivity index (χ4v) is 3.79. The van der Waals surface area contributed by atoms with E-state index in [0.717, 1.165) is 12.3 Å². The highest BCUT2D eigenvalue weighted by Gasteiger charge is 2.58. The topological polar surface area (TPSA) is 80.5 Å². The summed E-state index contributed by atoms with van der Waals surface area (Å²) in [6.45, 7) is 1.43. The first-order valence-corrected chi connectivity index (χ1v) is 9.44. The van der Waals surface area contributed by atoms with Crippen molar-refractivity contribution in [1.82, 2.24) is 19.9 Å². The lowest BCUT2D eigenvalue weighted by molar-refractivity contribution is -0.253. The van der Waals surface area contributed by atoms with Gasteiger partial charge in [0.1, 0.15) is 5.82 Å². The molecule has 0 aromatic carbocycles. The second kappa shape index (κ2) is 8.01. The lowest BCUT2D eigenvalue weighted by atomic mass is 9.97. The summed E-state index contributed by atoms with van der Waals surface area (Å²) in [5.74, 6) is -4.19. The third kappa shape index (κ3) is 5.02. The molecule has 0 saturated carbocycles. The van der Waals surface area contributed by atoms with Crippen LogP contribution < -0.4 is 5.73 Å². The van der Waals surface area contributed by atoms with Crippen LogP contribution in [-0.2, 0) is 6.18 Å². The van der Waals surface area contributed by atoms with Gasteiger partial charge in [0.25, 0.3) is 0 Å². The van der Waals surface area contributed by atoms with E-state index < -0.39 is 46.8 Å². The molecule has 174 valence electrons. The average molecular weight is 489 g/mol. The molecule has 1 unspecified atom stereocenters. The number of nitrogens with one attached hydrogen (secondary N) is 1. The molecule has 3 heterocycles. The summed E-state index contributed by atoms with van der Waals surface area (Å²) in [5.41, 5.74) is 2.97. The third-order valence-electron chi connectivity index (χ3n) is 4.30. The minimum Gasteiger partial charge on any atom is -0.384 e. The van der Waals surface area contributed by atoms with Crippen molar-refractivity contribution < 1.29 is 39.5 Å². The first kappa shape index (κ1) is 23.9. The number of aromatic nitrogens is 4. The van der Waals surface area contributed by atoms with E-state index >= 15 is 0 Å². The minimum atomic E-state index is -5.60. The maximum Gasteiger partial charge on any atom is 0.433 e. The zero-order valence-corrected chi connectivity index (χ0v) is 16.5. The van der Waals surface area contributed by atoms with Gasteiger partial charge in [0.15, 0.2) is 16.8 Å². The Balaban J connectivity index is 1.99. The molecule has 0 spiro atoms. The van der Waals surface area contributed by atoms with Crippen LogP contribution in [0.3, 0.4) is 0 Å². The van der Waals surface area contributed by atoms with E-state index in [4.69, 9.17) is 5.73 Å². The van der Waals surface area contributed by atoms with Gasteiger partial charge in [0, 0.05) is 17.6 Å². The van der Waals surface area contributed by atoms with Crippen LogP contribution >= 0.6 is 11.8 Å². The van der Waals surface area contributed by atoms with E-state index in [0.29, 0.717) is 24.0 Å². The smallest absolute Gasteiger partial charge is 0.384 e. The number of halogens is 9. The number of aromatic amines is 1. The van der Waals surface area contributed by atoms with E-state index in [1.807, 2.05) is 0 Å². The van der Waals surface area contributed by atoms with Crippen LogP contribution in [0.2, 0.25) is 0 Å². The number of hydrogen-bond donors (Lipinski definition) is 2. The van der Waals surface area contributed by atoms with Crippen molar-refractivity contribution in [2.24, 2.45) is 0 Å². The minimum absolute atomic E-state index is 0.00559. The number of alkyl halides is 9. The highest BCUT2D eigenvalue weighted by atomic mass is 32.2. The average Bonchev–Trinajstić information content (AvgIpc) is 3.00. The molecule has 0 aliphatic rings. The van der Waals surface area contributed by atoms with Crippen molar-refractivity contribution in [2.75, 3.05) is 5.73 Å². The second-order valence-corrected chi connectivity index (χ2v) is 7.94. The molecule has 0 bridgehead atoms. The third-order valence-corrected chi connectivity index (χ3v) is 5.29. The number of anilines is 1. The Kier molecular flexibility index (Phi) is 5.99. The van der Waals surface area contributed by atoms with E-state index in [1.165, 1.54) is 6.92 Å². The van der Waals surface area contributed by atoms with Gasteiger partial charge in [-0.05, 0) is 18.6 Å². The van der Waals surface area contributed by atoms with Crippen molar-refractivity contribution in [3.05, 3.63) is 41.5 Å². The van der Waals surface area contributed by atoms with E-state index in [1.54, 1.807) is 0 Å². The highest BCUT2D eigenvalue weighted by Crippen LogP contribution is 2.48. The number of fused-ring (bicyclic) bond motifs is 1. The van der Waals surface area contributed by atoms with Gasteiger partial charge in [-0.1, -0.05) is 11.8 Å². The molecule has 0 radical (unpaired) electrons. The van der Waals surface area contributed by atoms with Crippen molar-refractivity contribution in [1.29, 1.82) is 0 Å². The number of rotatable bonds is 4. The lowest BCUT2D eigenvalue weighted by Crippen LogP contribution is -2.33. The molecular formula is C17H12F9N5S. The fourth-order valence-electron chi connectivity index (χ4n) is 2.92. The number of nitrogens with zero attached hydrogens (tertiary/aromatic N) is 3. The summed E-state index contributed by atoms with van der Waals surface area (Å²) in [5, 5.41) is -1.59. The van der Waals surface area contributed by atoms with Crippen LogP contribution in [0.5, 0.6) is 0 Å². The van der Waals surface area contributed by atoms with Gasteiger partial charge in [0.05, 0.1) is 22.7 Å². The zero-order chi connectivity index (χ0) is 24.1. The van der Waals surface area contributed by atoms with Crippen LogP contribution in [0.4, 0.5) is 45.3 Å². The molecule has 3 aromatic heterocycles. The number of thioether (sulfide) groups is 1. The Morgan fingerprint density at radius 2 is 1.59 bits per heavy atom. The number of pyridine rings is 1. The molecule has 0 saturated heterocycles. The molecule has 15 heteroatoms. The zero-order valence-electron chi connectivity index (χ0n) is 15.7. The predicted molar refractivity (Wildman–Crippen MR) is 96.7 cm³/mol. The van der Waals surface area contributed by atoms with E-state index in [9.17, 15) is 39.5 Å². The van der Waals surface area contributed by atoms with Crippen LogP contribution in [0.15, 0.2) is 29.7 Å².